The number of ether oxygens (including phenoxy) is 2. The Morgan fingerprint density at radius 3 is 2.38 bits per heavy atom. The van der Waals surface area contributed by atoms with Crippen LogP contribution in [0.25, 0.3) is 6.08 Å². The van der Waals surface area contributed by atoms with Crippen molar-refractivity contribution in [3.05, 3.63) is 60.2 Å². The van der Waals surface area contributed by atoms with E-state index >= 15 is 0 Å². The molecule has 0 saturated heterocycles. The van der Waals surface area contributed by atoms with Crippen molar-refractivity contribution >= 4 is 23.6 Å². The Balaban J connectivity index is 1.93. The molecule has 2 aromatic carbocycles. The van der Waals surface area contributed by atoms with Gasteiger partial charge in [-0.25, -0.2) is 0 Å². The minimum absolute atomic E-state index is 0.0377. The number of likely N-dealkylation sites (N-methyl/N-ethyl adjacent to an activating group) is 1. The molecule has 0 atom stereocenters. The quantitative estimate of drug-likeness (QED) is 0.777. The van der Waals surface area contributed by atoms with Crippen LogP contribution in [0.1, 0.15) is 5.56 Å². The predicted molar refractivity (Wildman–Crippen MR) is 101 cm³/mol. The number of rotatable bonds is 7. The van der Waals surface area contributed by atoms with E-state index in [-0.39, 0.29) is 18.4 Å². The van der Waals surface area contributed by atoms with E-state index < -0.39 is 0 Å². The SMILES string of the molecule is COc1ccc(/C=C/C(=O)N(C)CC(=O)Nc2ccccc2)cc1OC. The van der Waals surface area contributed by atoms with Crippen molar-refractivity contribution in [1.82, 2.24) is 4.90 Å². The van der Waals surface area contributed by atoms with E-state index in [0.29, 0.717) is 17.2 Å². The molecule has 0 saturated carbocycles. The van der Waals surface area contributed by atoms with Gasteiger partial charge in [0.15, 0.2) is 11.5 Å². The van der Waals surface area contributed by atoms with Gasteiger partial charge in [-0.05, 0) is 35.9 Å². The molecular formula is C20H22N2O4. The van der Waals surface area contributed by atoms with Gasteiger partial charge in [-0.1, -0.05) is 24.3 Å². The molecule has 2 amide bonds. The summed E-state index contributed by atoms with van der Waals surface area (Å²) in [5.74, 6) is 0.665. The van der Waals surface area contributed by atoms with Gasteiger partial charge < -0.3 is 19.7 Å². The van der Waals surface area contributed by atoms with Crippen molar-refractivity contribution < 1.29 is 19.1 Å². The van der Waals surface area contributed by atoms with Crippen LogP contribution in [0.3, 0.4) is 0 Å². The molecule has 0 aliphatic carbocycles. The first-order valence-electron chi connectivity index (χ1n) is 8.03. The number of carbonyl (C=O) groups excluding carboxylic acids is 2. The smallest absolute Gasteiger partial charge is 0.246 e. The maximum Gasteiger partial charge on any atom is 0.246 e. The van der Waals surface area contributed by atoms with Gasteiger partial charge in [0.05, 0.1) is 20.8 Å². The minimum atomic E-state index is -0.275. The first-order chi connectivity index (χ1) is 12.5. The fourth-order valence-electron chi connectivity index (χ4n) is 2.27. The lowest BCUT2D eigenvalue weighted by Gasteiger charge is -2.15. The molecule has 1 N–H and O–H groups in total. The van der Waals surface area contributed by atoms with Crippen LogP contribution in [0, 0.1) is 0 Å². The summed E-state index contributed by atoms with van der Waals surface area (Å²) in [7, 11) is 4.69. The molecule has 0 unspecified atom stereocenters. The first kappa shape index (κ1) is 19.1. The summed E-state index contributed by atoms with van der Waals surface area (Å²) in [6.45, 7) is -0.0377. The standard InChI is InChI=1S/C20H22N2O4/c1-22(14-19(23)21-16-7-5-4-6-8-16)20(24)12-10-15-9-11-17(25-2)18(13-15)26-3/h4-13H,14H2,1-3H3,(H,21,23)/b12-10+. The summed E-state index contributed by atoms with van der Waals surface area (Å²) in [5, 5.41) is 2.74. The van der Waals surface area contributed by atoms with Crippen LogP contribution in [0.5, 0.6) is 11.5 Å². The Hall–Kier alpha value is -3.28. The highest BCUT2D eigenvalue weighted by molar-refractivity contribution is 5.97. The van der Waals surface area contributed by atoms with Crippen LogP contribution < -0.4 is 14.8 Å². The molecule has 0 aliphatic rings. The normalized spacial score (nSPS) is 10.4. The number of para-hydroxylation sites is 1. The van der Waals surface area contributed by atoms with E-state index in [2.05, 4.69) is 5.32 Å². The zero-order chi connectivity index (χ0) is 18.9. The van der Waals surface area contributed by atoms with Gasteiger partial charge in [0.1, 0.15) is 0 Å². The summed E-state index contributed by atoms with van der Waals surface area (Å²) < 4.78 is 10.4. The molecule has 0 fully saturated rings. The van der Waals surface area contributed by atoms with E-state index in [1.807, 2.05) is 24.3 Å². The molecule has 0 spiro atoms. The summed E-state index contributed by atoms with van der Waals surface area (Å²) in [4.78, 5) is 25.5. The molecule has 2 aromatic rings. The van der Waals surface area contributed by atoms with E-state index in [1.54, 1.807) is 51.6 Å². The van der Waals surface area contributed by atoms with Crippen molar-refractivity contribution in [1.29, 1.82) is 0 Å². The highest BCUT2D eigenvalue weighted by Crippen LogP contribution is 2.27. The maximum absolute atomic E-state index is 12.2. The number of nitrogens with one attached hydrogen (secondary N) is 1. The Bertz CT molecular complexity index is 788. The van der Waals surface area contributed by atoms with E-state index in [1.165, 1.54) is 11.0 Å². The zero-order valence-corrected chi connectivity index (χ0v) is 15.1. The lowest BCUT2D eigenvalue weighted by atomic mass is 10.2. The van der Waals surface area contributed by atoms with Crippen molar-refractivity contribution in [2.75, 3.05) is 33.1 Å². The topological polar surface area (TPSA) is 67.9 Å². The third-order valence-corrected chi connectivity index (χ3v) is 3.64. The van der Waals surface area contributed by atoms with Gasteiger partial charge in [0, 0.05) is 18.8 Å². The van der Waals surface area contributed by atoms with E-state index in [4.69, 9.17) is 9.47 Å². The molecule has 6 nitrogen and oxygen atoms in total. The molecule has 0 aliphatic heterocycles. The molecule has 0 radical (unpaired) electrons. The molecule has 26 heavy (non-hydrogen) atoms. The van der Waals surface area contributed by atoms with Gasteiger partial charge in [0.25, 0.3) is 0 Å². The molecular weight excluding hydrogens is 332 g/mol. The van der Waals surface area contributed by atoms with Crippen LogP contribution in [0.2, 0.25) is 0 Å². The highest BCUT2D eigenvalue weighted by Gasteiger charge is 2.11. The molecule has 136 valence electrons. The molecule has 0 heterocycles. The number of benzene rings is 2. The maximum atomic E-state index is 12.2. The third kappa shape index (κ3) is 5.37. The Morgan fingerprint density at radius 2 is 1.73 bits per heavy atom. The predicted octanol–water partition coefficient (Wildman–Crippen LogP) is 2.81. The van der Waals surface area contributed by atoms with Crippen molar-refractivity contribution in [3.63, 3.8) is 0 Å². The van der Waals surface area contributed by atoms with Gasteiger partial charge in [-0.15, -0.1) is 0 Å². The number of methoxy groups -OCH3 is 2. The van der Waals surface area contributed by atoms with Crippen LogP contribution in [0.4, 0.5) is 5.69 Å². The Kier molecular flexibility index (Phi) is 6.79. The summed E-state index contributed by atoms with van der Waals surface area (Å²) in [6, 6.07) is 14.4. The van der Waals surface area contributed by atoms with Gasteiger partial charge in [-0.2, -0.15) is 0 Å². The van der Waals surface area contributed by atoms with Crippen LogP contribution in [-0.2, 0) is 9.59 Å². The number of hydrogen-bond donors (Lipinski definition) is 1. The summed E-state index contributed by atoms with van der Waals surface area (Å²) >= 11 is 0. The number of nitrogens with zero attached hydrogens (tertiary/aromatic N) is 1. The molecule has 0 aromatic heterocycles. The minimum Gasteiger partial charge on any atom is -0.493 e. The van der Waals surface area contributed by atoms with Crippen LogP contribution >= 0.6 is 0 Å². The van der Waals surface area contributed by atoms with Crippen molar-refractivity contribution in [2.24, 2.45) is 0 Å². The Morgan fingerprint density at radius 1 is 1.04 bits per heavy atom. The largest absolute Gasteiger partial charge is 0.493 e. The number of carbonyl (C=O) groups is 2. The van der Waals surface area contributed by atoms with Gasteiger partial charge in [-0.3, -0.25) is 9.59 Å². The second kappa shape index (κ2) is 9.27. The lowest BCUT2D eigenvalue weighted by Crippen LogP contribution is -2.33. The number of anilines is 1. The third-order valence-electron chi connectivity index (χ3n) is 3.64. The van der Waals surface area contributed by atoms with E-state index in [9.17, 15) is 9.59 Å². The van der Waals surface area contributed by atoms with Gasteiger partial charge >= 0.3 is 0 Å². The Labute approximate surface area is 153 Å². The zero-order valence-electron chi connectivity index (χ0n) is 15.1. The molecule has 2 rings (SSSR count). The summed E-state index contributed by atoms with van der Waals surface area (Å²) in [5.41, 5.74) is 1.48. The number of hydrogen-bond acceptors (Lipinski definition) is 4. The van der Waals surface area contributed by atoms with Crippen molar-refractivity contribution in [2.45, 2.75) is 0 Å². The van der Waals surface area contributed by atoms with Gasteiger partial charge in [0.2, 0.25) is 11.8 Å². The van der Waals surface area contributed by atoms with E-state index in [0.717, 1.165) is 5.56 Å². The number of amides is 2. The second-order valence-corrected chi connectivity index (χ2v) is 5.56. The lowest BCUT2D eigenvalue weighted by molar-refractivity contribution is -0.129. The molecule has 6 heteroatoms. The fraction of sp³-hybridized carbons (Fsp3) is 0.200. The average molecular weight is 354 g/mol. The summed E-state index contributed by atoms with van der Waals surface area (Å²) in [6.07, 6.45) is 3.08. The monoisotopic (exact) mass is 354 g/mol. The second-order valence-electron chi connectivity index (χ2n) is 5.56. The highest BCUT2D eigenvalue weighted by atomic mass is 16.5. The first-order valence-corrected chi connectivity index (χ1v) is 8.03. The average Bonchev–Trinajstić information content (AvgIpc) is 2.66. The van der Waals surface area contributed by atoms with Crippen LogP contribution in [0.15, 0.2) is 54.6 Å². The molecule has 0 bridgehead atoms. The fourth-order valence-corrected chi connectivity index (χ4v) is 2.27. The van der Waals surface area contributed by atoms with Crippen LogP contribution in [-0.4, -0.2) is 44.5 Å². The van der Waals surface area contributed by atoms with Crippen molar-refractivity contribution in [3.8, 4) is 11.5 Å².